The van der Waals surface area contributed by atoms with Gasteiger partial charge in [0.1, 0.15) is 5.58 Å². The number of furan rings is 1. The Bertz CT molecular complexity index is 2980. The monoisotopic (exact) mass is 907 g/mol. The smallest absolute Gasteiger partial charge is 0.128 e. The zero-order chi connectivity index (χ0) is 45.8. The normalized spacial score (nSPS) is 16.9. The number of aromatic nitrogens is 2. The second-order valence-corrected chi connectivity index (χ2v) is 14.9. The zero-order valence-corrected chi connectivity index (χ0v) is 33.5. The Kier molecular flexibility index (Phi) is 8.27. The molecule has 0 atom stereocenters. The van der Waals surface area contributed by atoms with Crippen LogP contribution in [0.1, 0.15) is 82.4 Å². The van der Waals surface area contributed by atoms with Crippen molar-refractivity contribution in [3.8, 4) is 33.6 Å². The van der Waals surface area contributed by atoms with Crippen LogP contribution in [0.25, 0.3) is 66.4 Å². The van der Waals surface area contributed by atoms with Crippen molar-refractivity contribution < 1.29 is 38.2 Å². The summed E-state index contributed by atoms with van der Waals surface area (Å²) >= 11 is 0. The van der Waals surface area contributed by atoms with E-state index in [2.05, 4.69) is 46.4 Å². The summed E-state index contributed by atoms with van der Waals surface area (Å²) in [6.07, 6.45) is 3.81. The van der Waals surface area contributed by atoms with Crippen molar-refractivity contribution in [3.05, 3.63) is 156 Å². The number of hydrogen-bond acceptors (Lipinski definition) is 3. The van der Waals surface area contributed by atoms with Gasteiger partial charge in [-0.15, -0.1) is 47.5 Å². The second kappa shape index (κ2) is 16.5. The van der Waals surface area contributed by atoms with Gasteiger partial charge in [0, 0.05) is 57.0 Å². The van der Waals surface area contributed by atoms with Gasteiger partial charge in [0.25, 0.3) is 0 Å². The molecule has 0 bridgehead atoms. The maximum atomic E-state index is 8.77. The Hall–Kier alpha value is -4.89. The van der Waals surface area contributed by atoms with Crippen LogP contribution >= 0.6 is 0 Å². The molecule has 9 rings (SSSR count). The van der Waals surface area contributed by atoms with Crippen molar-refractivity contribution in [1.29, 1.82) is 0 Å². The maximum absolute atomic E-state index is 8.77. The van der Waals surface area contributed by atoms with Gasteiger partial charge in [-0.2, -0.15) is 0 Å². The first-order valence-electron chi connectivity index (χ1n) is 23.5. The molecule has 279 valence electrons. The van der Waals surface area contributed by atoms with Crippen LogP contribution in [0.15, 0.2) is 126 Å². The Morgan fingerprint density at radius 2 is 1.56 bits per heavy atom. The Morgan fingerprint density at radius 3 is 2.36 bits per heavy atom. The largest absolute Gasteiger partial charge is 0.500 e. The van der Waals surface area contributed by atoms with E-state index >= 15 is 0 Å². The molecule has 55 heavy (non-hydrogen) atoms. The zero-order valence-electron chi connectivity index (χ0n) is 41.1. The SMILES string of the molecule is [2H]C([2H])([2H])c1c[c-]c(-c2cc(C([2H])([2H])[2H])c(C([2H])([2H])C(C)(C)C)cn2)cc1-c1ccccc1.[2H]C([2H])(c1ccnc(-c2[c-]ccc3c2oc2c4ccccc4ccc32)c1)C1CCCC1.[Ir]. The molecule has 3 nitrogen and oxygen atoms in total. The van der Waals surface area contributed by atoms with Gasteiger partial charge in [-0.05, 0) is 64.9 Å². The molecule has 1 saturated carbocycles. The first kappa shape index (κ1) is 27.7. The van der Waals surface area contributed by atoms with Gasteiger partial charge in [-0.3, -0.25) is 0 Å². The number of rotatable bonds is 6. The number of pyridine rings is 2. The standard InChI is InChI=1S/C27H22NO.C24H26N.Ir/c1-2-7-18(6-1)16-19-14-15-28-25(17-19)24-11-5-10-22-23-13-12-20-8-3-4-9-21(20)26(23)29-27(22)24;1-17-11-12-20(14-22(17)19-9-7-6-8-10-19)23-13-18(2)21(16-25-23)15-24(3,4)5;/h3-5,8-10,12-15,17-18H,1-2,6-7,16H2;6-11,13-14,16H,15H2,1-5H3;/q2*-1;/i16D2;1D3,2D3,15D2;. The number of benzene rings is 5. The van der Waals surface area contributed by atoms with E-state index in [0.29, 0.717) is 27.9 Å². The molecule has 4 heteroatoms. The minimum absolute atomic E-state index is 0. The van der Waals surface area contributed by atoms with E-state index in [1.165, 1.54) is 18.3 Å². The van der Waals surface area contributed by atoms with Gasteiger partial charge in [0.2, 0.25) is 0 Å². The molecule has 0 N–H and O–H groups in total. The van der Waals surface area contributed by atoms with Crippen molar-refractivity contribution in [2.75, 3.05) is 0 Å². The third-order valence-corrected chi connectivity index (χ3v) is 9.79. The number of aryl methyl sites for hydroxylation is 2. The molecule has 0 spiro atoms. The fourth-order valence-electron chi connectivity index (χ4n) is 7.22. The van der Waals surface area contributed by atoms with Crippen molar-refractivity contribution >= 4 is 32.7 Å². The molecule has 3 heterocycles. The predicted octanol–water partition coefficient (Wildman–Crippen LogP) is 13.8. The summed E-state index contributed by atoms with van der Waals surface area (Å²) in [5.41, 5.74) is 4.85. The van der Waals surface area contributed by atoms with E-state index in [1.54, 1.807) is 45.2 Å². The Balaban J connectivity index is 0.000000191. The van der Waals surface area contributed by atoms with Crippen LogP contribution in [0.5, 0.6) is 0 Å². The first-order valence-corrected chi connectivity index (χ1v) is 18.5. The fourth-order valence-corrected chi connectivity index (χ4v) is 7.22. The topological polar surface area (TPSA) is 38.9 Å². The third kappa shape index (κ3) is 8.52. The molecule has 1 radical (unpaired) electrons. The molecule has 5 aromatic carbocycles. The van der Waals surface area contributed by atoms with Crippen LogP contribution in [-0.2, 0) is 32.9 Å². The number of fused-ring (bicyclic) bond motifs is 5. The molecule has 8 aromatic rings. The van der Waals surface area contributed by atoms with E-state index in [0.717, 1.165) is 64.0 Å². The average Bonchev–Trinajstić information content (AvgIpc) is 3.96. The summed E-state index contributed by atoms with van der Waals surface area (Å²) in [4.78, 5) is 8.94. The second-order valence-electron chi connectivity index (χ2n) is 14.9. The van der Waals surface area contributed by atoms with Gasteiger partial charge in [0.15, 0.2) is 0 Å². The van der Waals surface area contributed by atoms with Crippen LogP contribution in [0.3, 0.4) is 0 Å². The minimum Gasteiger partial charge on any atom is -0.500 e. The minimum atomic E-state index is -2.56. The van der Waals surface area contributed by atoms with E-state index in [4.69, 9.17) is 18.1 Å². The van der Waals surface area contributed by atoms with Crippen LogP contribution in [-0.4, -0.2) is 9.97 Å². The molecule has 0 unspecified atom stereocenters. The molecule has 0 aliphatic heterocycles. The summed E-state index contributed by atoms with van der Waals surface area (Å²) in [6, 6.07) is 39.8. The molecule has 1 fully saturated rings. The molecule has 3 aromatic heterocycles. The van der Waals surface area contributed by atoms with Crippen molar-refractivity contribution in [2.45, 2.75) is 72.9 Å². The number of hydrogen-bond donors (Lipinski definition) is 0. The fraction of sp³-hybridized carbons (Fsp3) is 0.255. The molecular formula is C51H48IrN2O-2. The van der Waals surface area contributed by atoms with Gasteiger partial charge < -0.3 is 14.4 Å². The van der Waals surface area contributed by atoms with Gasteiger partial charge >= 0.3 is 0 Å². The molecular weight excluding hydrogens is 849 g/mol. The Labute approximate surface area is 353 Å². The van der Waals surface area contributed by atoms with Crippen molar-refractivity contribution in [3.63, 3.8) is 0 Å². The van der Waals surface area contributed by atoms with Crippen LogP contribution in [0, 0.1) is 37.2 Å². The van der Waals surface area contributed by atoms with Gasteiger partial charge in [0.05, 0.1) is 5.58 Å². The first-order chi connectivity index (χ1) is 30.2. The summed E-state index contributed by atoms with van der Waals surface area (Å²) in [7, 11) is 0. The van der Waals surface area contributed by atoms with Crippen molar-refractivity contribution in [1.82, 2.24) is 9.97 Å². The molecule has 1 aliphatic rings. The van der Waals surface area contributed by atoms with Gasteiger partial charge in [-0.1, -0.05) is 160 Å². The summed E-state index contributed by atoms with van der Waals surface area (Å²) in [5.74, 6) is 0.0695. The molecule has 1 aliphatic carbocycles. The van der Waals surface area contributed by atoms with E-state index in [9.17, 15) is 0 Å². The van der Waals surface area contributed by atoms with E-state index in [1.807, 2.05) is 54.6 Å². The van der Waals surface area contributed by atoms with E-state index in [-0.39, 0.29) is 48.4 Å². The Morgan fingerprint density at radius 1 is 0.782 bits per heavy atom. The van der Waals surface area contributed by atoms with Gasteiger partial charge in [-0.25, -0.2) is 0 Å². The molecule has 0 saturated heterocycles. The number of nitrogens with zero attached hydrogens (tertiary/aromatic N) is 2. The van der Waals surface area contributed by atoms with Crippen LogP contribution in [0.4, 0.5) is 0 Å². The summed E-state index contributed by atoms with van der Waals surface area (Å²) < 4.78 is 88.8. The predicted molar refractivity (Wildman–Crippen MR) is 226 cm³/mol. The molecule has 0 amide bonds. The third-order valence-electron chi connectivity index (χ3n) is 9.79. The summed E-state index contributed by atoms with van der Waals surface area (Å²) in [5, 5.41) is 4.33. The van der Waals surface area contributed by atoms with Crippen LogP contribution < -0.4 is 0 Å². The summed E-state index contributed by atoms with van der Waals surface area (Å²) in [6.45, 7) is 0.198. The maximum Gasteiger partial charge on any atom is 0.128 e. The van der Waals surface area contributed by atoms with E-state index < -0.39 is 31.9 Å². The van der Waals surface area contributed by atoms with Crippen molar-refractivity contribution in [2.24, 2.45) is 11.3 Å². The average molecular weight is 907 g/mol. The van der Waals surface area contributed by atoms with Crippen LogP contribution in [0.2, 0.25) is 0 Å². The quantitative estimate of drug-likeness (QED) is 0.156.